The molecule has 5 heterocycles. The predicted molar refractivity (Wildman–Crippen MR) is 279 cm³/mol. The fraction of sp³-hybridized carbons (Fsp3) is 0.554. The summed E-state index contributed by atoms with van der Waals surface area (Å²) >= 11 is 0. The van der Waals surface area contributed by atoms with Crippen molar-refractivity contribution in [1.29, 1.82) is 0 Å². The number of nitrogens with zero attached hydrogens (tertiary/aromatic N) is 7. The first-order chi connectivity index (χ1) is 39.0. The summed E-state index contributed by atoms with van der Waals surface area (Å²) in [5.41, 5.74) is -5.39. The molecule has 2 aromatic heterocycles. The molecule has 2 amide bonds. The Balaban J connectivity index is 1.15. The monoisotopic (exact) mass is 1180 g/mol. The molecule has 0 radical (unpaired) electrons. The first-order valence-electron chi connectivity index (χ1n) is 26.6. The van der Waals surface area contributed by atoms with Crippen molar-refractivity contribution in [3.05, 3.63) is 95.2 Å². The Morgan fingerprint density at radius 1 is 0.831 bits per heavy atom. The summed E-state index contributed by atoms with van der Waals surface area (Å²) in [7, 11) is 1.77. The van der Waals surface area contributed by atoms with Crippen LogP contribution in [0.15, 0.2) is 61.3 Å². The average molecular weight is 1180 g/mol. The normalized spacial score (nSPS) is 18.4. The fourth-order valence-electron chi connectivity index (χ4n) is 10.5. The van der Waals surface area contributed by atoms with Crippen LogP contribution < -0.4 is 15.5 Å². The van der Waals surface area contributed by atoms with Crippen molar-refractivity contribution in [2.75, 3.05) is 65.2 Å². The lowest BCUT2D eigenvalue weighted by molar-refractivity contribution is -0.230. The molecule has 27 heteroatoms. The van der Waals surface area contributed by atoms with Crippen LogP contribution in [0.25, 0.3) is 11.3 Å². The van der Waals surface area contributed by atoms with Crippen molar-refractivity contribution in [2.24, 2.45) is 22.7 Å². The topological polar surface area (TPSA) is 194 Å². The number of hydrogen-bond donors (Lipinski definition) is 3. The Kier molecular flexibility index (Phi) is 20.2. The SMILES string of the molecule is COC(=O)C[C@H](C(=O)NCN(CCc1c(F)cc(-c2cn(C(F)F)cn2)cc1F)C[C@H](O)[C@@H](CC(=O)[C@@H](NC(=O)OC)C(C)(C)C(F)(F)F)Cc1ccc(C#Cc2cnc(N3CC4CCC(C3)N4C3COC3)nc2)cc1)C(C)(C)C(F)(F)F. The maximum Gasteiger partial charge on any atom is 0.407 e. The highest BCUT2D eigenvalue weighted by Gasteiger charge is 2.57. The molecule has 7 rings (SSSR count). The van der Waals surface area contributed by atoms with Crippen LogP contribution >= 0.6 is 0 Å². The molecule has 3 N–H and O–H groups in total. The molecule has 0 saturated carbocycles. The van der Waals surface area contributed by atoms with E-state index in [4.69, 9.17) is 4.74 Å². The number of halogens is 10. The van der Waals surface area contributed by atoms with Gasteiger partial charge in [0.05, 0.1) is 87.0 Å². The third-order valence-corrected chi connectivity index (χ3v) is 15.9. The lowest BCUT2D eigenvalue weighted by atomic mass is 9.75. The summed E-state index contributed by atoms with van der Waals surface area (Å²) in [5, 5.41) is 16.4. The molecule has 4 aromatic rings. The number of imidazole rings is 1. The summed E-state index contributed by atoms with van der Waals surface area (Å²) in [6.07, 6.45) is -9.08. The number of carbonyl (C=O) groups excluding carboxylic acids is 4. The molecule has 0 spiro atoms. The summed E-state index contributed by atoms with van der Waals surface area (Å²) in [4.78, 5) is 71.6. The molecular weight excluding hydrogens is 1120 g/mol. The highest BCUT2D eigenvalue weighted by atomic mass is 19.4. The number of amides is 2. The lowest BCUT2D eigenvalue weighted by Crippen LogP contribution is -2.62. The van der Waals surface area contributed by atoms with Crippen LogP contribution in [0.3, 0.4) is 0 Å². The number of benzene rings is 2. The van der Waals surface area contributed by atoms with Gasteiger partial charge < -0.3 is 34.9 Å². The molecule has 3 aliphatic heterocycles. The summed E-state index contributed by atoms with van der Waals surface area (Å²) in [6, 6.07) is 6.94. The van der Waals surface area contributed by atoms with Gasteiger partial charge in [-0.1, -0.05) is 37.8 Å². The molecule has 6 atom stereocenters. The first kappa shape index (κ1) is 63.7. The van der Waals surface area contributed by atoms with Crippen LogP contribution in [0.2, 0.25) is 0 Å². The van der Waals surface area contributed by atoms with Gasteiger partial charge in [0.25, 0.3) is 0 Å². The largest absolute Gasteiger partial charge is 0.469 e. The molecule has 0 aliphatic carbocycles. The number of fused-ring (bicyclic) bond motifs is 2. The summed E-state index contributed by atoms with van der Waals surface area (Å²) in [5.74, 6) is -2.93. The Morgan fingerprint density at radius 3 is 1.96 bits per heavy atom. The number of Topliss-reactive ketones (excluding diaryl/α,β-unsaturated/α-hetero) is 1. The van der Waals surface area contributed by atoms with E-state index in [1.165, 1.54) is 0 Å². The fourth-order valence-corrected chi connectivity index (χ4v) is 10.5. The number of esters is 1. The minimum absolute atomic E-state index is 0.209. The zero-order chi connectivity index (χ0) is 60.8. The van der Waals surface area contributed by atoms with E-state index in [0.717, 1.165) is 82.9 Å². The smallest absolute Gasteiger partial charge is 0.407 e. The van der Waals surface area contributed by atoms with Gasteiger partial charge in [-0.05, 0) is 75.3 Å². The Morgan fingerprint density at radius 2 is 1.43 bits per heavy atom. The second kappa shape index (κ2) is 26.4. The minimum atomic E-state index is -5.09. The Bertz CT molecular complexity index is 2950. The quantitative estimate of drug-likeness (QED) is 0.0284. The van der Waals surface area contributed by atoms with E-state index >= 15 is 8.78 Å². The number of alkyl carbamates (subject to hydrolysis) is 1. The molecule has 2 aromatic carbocycles. The lowest BCUT2D eigenvalue weighted by Gasteiger charge is -2.47. The van der Waals surface area contributed by atoms with Crippen LogP contribution in [0, 0.1) is 46.1 Å². The average Bonchev–Trinajstić information content (AvgIpc) is 3.21. The van der Waals surface area contributed by atoms with E-state index in [0.29, 0.717) is 73.0 Å². The van der Waals surface area contributed by atoms with Crippen molar-refractivity contribution in [3.8, 4) is 23.1 Å². The van der Waals surface area contributed by atoms with Gasteiger partial charge in [0.15, 0.2) is 5.78 Å². The highest BCUT2D eigenvalue weighted by Crippen LogP contribution is 2.46. The number of alkyl halides is 8. The second-order valence-corrected chi connectivity index (χ2v) is 22.1. The molecule has 3 saturated heterocycles. The molecule has 17 nitrogen and oxygen atoms in total. The third kappa shape index (κ3) is 15.3. The van der Waals surface area contributed by atoms with E-state index in [1.807, 2.05) is 5.32 Å². The number of methoxy groups -OCH3 is 2. The van der Waals surface area contributed by atoms with Gasteiger partial charge in [0, 0.05) is 80.0 Å². The van der Waals surface area contributed by atoms with Gasteiger partial charge in [-0.15, -0.1) is 0 Å². The minimum Gasteiger partial charge on any atom is -0.469 e. The van der Waals surface area contributed by atoms with Crippen LogP contribution in [0.4, 0.5) is 54.6 Å². The van der Waals surface area contributed by atoms with Crippen molar-refractivity contribution in [1.82, 2.24) is 40.0 Å². The number of ether oxygens (including phenoxy) is 3. The molecule has 452 valence electrons. The van der Waals surface area contributed by atoms with Crippen LogP contribution in [-0.4, -0.2) is 161 Å². The van der Waals surface area contributed by atoms with Gasteiger partial charge in [0.1, 0.15) is 17.7 Å². The molecule has 2 bridgehead atoms. The Hall–Kier alpha value is -6.89. The number of aromatic nitrogens is 4. The van der Waals surface area contributed by atoms with Crippen molar-refractivity contribution in [2.45, 2.75) is 115 Å². The number of carbonyl (C=O) groups is 4. The van der Waals surface area contributed by atoms with Crippen LogP contribution in [-0.2, 0) is 41.4 Å². The second-order valence-electron chi connectivity index (χ2n) is 22.1. The number of ketones is 1. The van der Waals surface area contributed by atoms with Crippen LogP contribution in [0.1, 0.15) is 82.2 Å². The zero-order valence-electron chi connectivity index (χ0n) is 46.3. The third-order valence-electron chi connectivity index (χ3n) is 15.9. The molecule has 3 aliphatic rings. The molecule has 83 heavy (non-hydrogen) atoms. The maximum absolute atomic E-state index is 15.8. The van der Waals surface area contributed by atoms with E-state index < -0.39 is 134 Å². The van der Waals surface area contributed by atoms with Gasteiger partial charge in [0.2, 0.25) is 11.9 Å². The highest BCUT2D eigenvalue weighted by molar-refractivity contribution is 5.88. The number of aliphatic hydroxyl groups is 1. The number of hydrogen-bond acceptors (Lipinski definition) is 14. The van der Waals surface area contributed by atoms with Crippen LogP contribution in [0.5, 0.6) is 0 Å². The van der Waals surface area contributed by atoms with Crippen molar-refractivity contribution < 1.29 is 82.4 Å². The van der Waals surface area contributed by atoms with E-state index in [2.05, 4.69) is 51.4 Å². The summed E-state index contributed by atoms with van der Waals surface area (Å²) < 4.78 is 160. The van der Waals surface area contributed by atoms with Crippen molar-refractivity contribution >= 4 is 29.7 Å². The zero-order valence-corrected chi connectivity index (χ0v) is 46.3. The predicted octanol–water partition coefficient (Wildman–Crippen LogP) is 7.64. The van der Waals surface area contributed by atoms with Gasteiger partial charge in [-0.2, -0.15) is 35.1 Å². The van der Waals surface area contributed by atoms with E-state index in [9.17, 15) is 59.4 Å². The molecule has 3 fully saturated rings. The maximum atomic E-state index is 15.8. The first-order valence-corrected chi connectivity index (χ1v) is 26.6. The van der Waals surface area contributed by atoms with Crippen molar-refractivity contribution in [3.63, 3.8) is 0 Å². The number of piperazine rings is 1. The molecular formula is C56H65F10N9O8. The van der Waals surface area contributed by atoms with Gasteiger partial charge >= 0.3 is 31.0 Å². The van der Waals surface area contributed by atoms with E-state index in [1.54, 1.807) is 36.7 Å². The Labute approximate surface area is 472 Å². The summed E-state index contributed by atoms with van der Waals surface area (Å²) in [6.45, 7) is 0.802. The molecule has 2 unspecified atom stereocenters. The number of aliphatic hydroxyl groups excluding tert-OH is 1. The number of anilines is 1. The number of rotatable bonds is 23. The van der Waals surface area contributed by atoms with E-state index in [-0.39, 0.29) is 17.7 Å². The van der Waals surface area contributed by atoms with Gasteiger partial charge in [-0.3, -0.25) is 28.8 Å². The number of nitrogens with one attached hydrogen (secondary N) is 2. The van der Waals surface area contributed by atoms with Gasteiger partial charge in [-0.25, -0.2) is 28.5 Å². The standard InChI is InChI=1S/C56H65F10N9O8/c1-53(2,55(61,62)63)41(21-47(78)81-5)49(79)70-30-72(16-15-40-42(57)18-35(19-43(40)58)44-26-74(31-69-44)50(59)60)27-46(77)36(20-45(76)48(71-52(80)82-6)54(3,4)56(64,65)66)17-33-10-7-32(8-11-33)9-12-34-22-67-51(68-23-34)73-24-37-13-14-38(25-73)75(37)39-28-83-29-39/h7-8,10-11,18-19,22-23,26,31,36-39,41,46,48,50,77H,13-17,20-21,24-25,27-30H2,1-6H3,(H,70,79)(H,71,80)/t36-,37?,38?,41-,46+,48-/m1/s1.